The summed E-state index contributed by atoms with van der Waals surface area (Å²) in [6, 6.07) is 7.97. The second kappa shape index (κ2) is 12.3. The van der Waals surface area contributed by atoms with Crippen molar-refractivity contribution in [1.82, 2.24) is 14.6 Å². The van der Waals surface area contributed by atoms with Crippen molar-refractivity contribution in [2.24, 2.45) is 11.8 Å². The molecule has 3 atom stereocenters. The quantitative estimate of drug-likeness (QED) is 0.782. The Balaban J connectivity index is 0.000000419. The van der Waals surface area contributed by atoms with Crippen LogP contribution < -0.4 is 5.32 Å². The number of rotatable bonds is 3. The summed E-state index contributed by atoms with van der Waals surface area (Å²) in [7, 11) is -1.08. The molecule has 3 unspecified atom stereocenters. The third-order valence-corrected chi connectivity index (χ3v) is 6.94. The summed E-state index contributed by atoms with van der Waals surface area (Å²) in [4.78, 5) is 5.08. The summed E-state index contributed by atoms with van der Waals surface area (Å²) in [6.07, 6.45) is 8.75. The van der Waals surface area contributed by atoms with Gasteiger partial charge in [0.15, 0.2) is 0 Å². The van der Waals surface area contributed by atoms with E-state index in [1.54, 1.807) is 6.20 Å². The lowest BCUT2D eigenvalue weighted by molar-refractivity contribution is 0.414. The lowest BCUT2D eigenvalue weighted by Gasteiger charge is -2.16. The van der Waals surface area contributed by atoms with Gasteiger partial charge in [0, 0.05) is 36.3 Å². The third-order valence-electron chi connectivity index (χ3n) is 5.44. The molecular weight excluding hydrogens is 366 g/mol. The van der Waals surface area contributed by atoms with Gasteiger partial charge >= 0.3 is 0 Å². The highest BCUT2D eigenvalue weighted by atomic mass is 32.2. The molecule has 0 spiro atoms. The van der Waals surface area contributed by atoms with Crippen molar-refractivity contribution in [3.05, 3.63) is 36.7 Å². The van der Waals surface area contributed by atoms with E-state index in [-0.39, 0.29) is 0 Å². The van der Waals surface area contributed by atoms with Crippen LogP contribution in [0, 0.1) is 11.8 Å². The number of nitrogens with zero attached hydrogens (tertiary/aromatic N) is 2. The predicted molar refractivity (Wildman–Crippen MR) is 121 cm³/mol. The highest BCUT2D eigenvalue weighted by molar-refractivity contribution is 7.83. The lowest BCUT2D eigenvalue weighted by atomic mass is 9.93. The predicted octanol–water partition coefficient (Wildman–Crippen LogP) is 5.02. The molecule has 4 nitrogen and oxygen atoms in total. The van der Waals surface area contributed by atoms with Gasteiger partial charge in [-0.05, 0) is 49.9 Å². The topological polar surface area (TPSA) is 45.2 Å². The van der Waals surface area contributed by atoms with Crippen molar-refractivity contribution in [2.45, 2.75) is 58.3 Å². The number of benzene rings is 1. The fraction of sp³-hybridized carbons (Fsp3) is 0.609. The van der Waals surface area contributed by atoms with Crippen LogP contribution in [0.2, 0.25) is 0 Å². The van der Waals surface area contributed by atoms with Crippen molar-refractivity contribution in [2.75, 3.05) is 26.2 Å². The molecule has 2 fully saturated rings. The van der Waals surface area contributed by atoms with Gasteiger partial charge in [0.2, 0.25) is 0 Å². The number of nitrogens with one attached hydrogen (secondary N) is 1. The molecule has 1 N–H and O–H groups in total. The SMILES string of the molecule is CC.CCCC.O=S(c1cccc2cnccc12)N1CC2CCCNCC2C1. The highest BCUT2D eigenvalue weighted by Crippen LogP contribution is 2.32. The van der Waals surface area contributed by atoms with Gasteiger partial charge in [-0.2, -0.15) is 0 Å². The van der Waals surface area contributed by atoms with E-state index in [4.69, 9.17) is 0 Å². The minimum Gasteiger partial charge on any atom is -0.316 e. The minimum atomic E-state index is -1.08. The van der Waals surface area contributed by atoms with E-state index in [0.29, 0.717) is 11.8 Å². The smallest absolute Gasteiger partial charge is 0.128 e. The first-order valence-electron chi connectivity index (χ1n) is 10.9. The van der Waals surface area contributed by atoms with Gasteiger partial charge in [0.1, 0.15) is 11.0 Å². The number of hydrogen-bond donors (Lipinski definition) is 1. The lowest BCUT2D eigenvalue weighted by Crippen LogP contribution is -2.27. The van der Waals surface area contributed by atoms with Crippen LogP contribution in [0.3, 0.4) is 0 Å². The molecule has 2 aliphatic heterocycles. The first-order chi connectivity index (χ1) is 13.7. The molecule has 2 aliphatic rings. The van der Waals surface area contributed by atoms with Crippen LogP contribution in [0.4, 0.5) is 0 Å². The van der Waals surface area contributed by atoms with Gasteiger partial charge < -0.3 is 5.32 Å². The zero-order chi connectivity index (χ0) is 20.4. The second-order valence-electron chi connectivity index (χ2n) is 7.32. The van der Waals surface area contributed by atoms with Crippen LogP contribution in [0.5, 0.6) is 0 Å². The summed E-state index contributed by atoms with van der Waals surface area (Å²) in [5, 5.41) is 5.63. The van der Waals surface area contributed by atoms with Crippen LogP contribution in [-0.2, 0) is 11.0 Å². The maximum Gasteiger partial charge on any atom is 0.128 e. The van der Waals surface area contributed by atoms with Crippen LogP contribution in [0.15, 0.2) is 41.6 Å². The van der Waals surface area contributed by atoms with Crippen molar-refractivity contribution < 1.29 is 4.21 Å². The van der Waals surface area contributed by atoms with E-state index in [1.165, 1.54) is 25.7 Å². The first-order valence-corrected chi connectivity index (χ1v) is 12.1. The molecule has 5 heteroatoms. The molecule has 0 saturated carbocycles. The summed E-state index contributed by atoms with van der Waals surface area (Å²) < 4.78 is 15.3. The number of fused-ring (bicyclic) bond motifs is 2. The molecule has 156 valence electrons. The van der Waals surface area contributed by atoms with E-state index in [2.05, 4.69) is 28.5 Å². The average molecular weight is 404 g/mol. The molecule has 28 heavy (non-hydrogen) atoms. The Bertz CT molecular complexity index is 715. The van der Waals surface area contributed by atoms with Gasteiger partial charge in [-0.3, -0.25) is 4.98 Å². The van der Waals surface area contributed by atoms with E-state index >= 15 is 0 Å². The molecule has 2 aromatic rings. The first kappa shape index (κ1) is 23.0. The maximum absolute atomic E-state index is 13.1. The monoisotopic (exact) mass is 403 g/mol. The molecule has 1 aromatic carbocycles. The van der Waals surface area contributed by atoms with Crippen LogP contribution in [-0.4, -0.2) is 39.7 Å². The van der Waals surface area contributed by atoms with E-state index < -0.39 is 11.0 Å². The van der Waals surface area contributed by atoms with Crippen molar-refractivity contribution in [3.63, 3.8) is 0 Å². The Labute approximate surface area is 173 Å². The van der Waals surface area contributed by atoms with Gasteiger partial charge in [0.25, 0.3) is 0 Å². The third kappa shape index (κ3) is 5.85. The summed E-state index contributed by atoms with van der Waals surface area (Å²) >= 11 is 0. The standard InChI is InChI=1S/C17H21N3OS.C4H10.C2H6/c21-22(17-5-1-3-13-9-19-8-6-16(13)17)20-11-14-4-2-7-18-10-15(14)12-20;1-3-4-2;1-2/h1,3,5-6,8-9,14-15,18H,2,4,7,10-12H2;3-4H2,1-2H3;1-2H3. The van der Waals surface area contributed by atoms with Crippen molar-refractivity contribution >= 4 is 21.8 Å². The zero-order valence-electron chi connectivity index (χ0n) is 18.0. The number of hydrogen-bond acceptors (Lipinski definition) is 3. The summed E-state index contributed by atoms with van der Waals surface area (Å²) in [5.41, 5.74) is 0. The molecule has 2 saturated heterocycles. The van der Waals surface area contributed by atoms with E-state index in [1.807, 2.05) is 44.3 Å². The zero-order valence-corrected chi connectivity index (χ0v) is 18.8. The van der Waals surface area contributed by atoms with Gasteiger partial charge in [-0.25, -0.2) is 8.51 Å². The Hall–Kier alpha value is -1.30. The van der Waals surface area contributed by atoms with Gasteiger partial charge in [-0.15, -0.1) is 0 Å². The van der Waals surface area contributed by atoms with Crippen LogP contribution >= 0.6 is 0 Å². The largest absolute Gasteiger partial charge is 0.316 e. The Kier molecular flexibility index (Phi) is 10.1. The average Bonchev–Trinajstić information content (AvgIpc) is 3.04. The van der Waals surface area contributed by atoms with Gasteiger partial charge in [-0.1, -0.05) is 52.7 Å². The molecule has 4 rings (SSSR count). The maximum atomic E-state index is 13.1. The molecular formula is C23H37N3OS. The number of aromatic nitrogens is 1. The Morgan fingerprint density at radius 2 is 1.89 bits per heavy atom. The Morgan fingerprint density at radius 1 is 1.14 bits per heavy atom. The summed E-state index contributed by atoms with van der Waals surface area (Å²) in [6.45, 7) is 12.5. The number of unbranched alkanes of at least 4 members (excludes halogenated alkanes) is 1. The molecule has 3 heterocycles. The molecule has 0 aliphatic carbocycles. The summed E-state index contributed by atoms with van der Waals surface area (Å²) in [5.74, 6) is 1.33. The van der Waals surface area contributed by atoms with Crippen LogP contribution in [0.25, 0.3) is 10.8 Å². The molecule has 0 bridgehead atoms. The Morgan fingerprint density at radius 3 is 2.64 bits per heavy atom. The number of pyridine rings is 1. The second-order valence-corrected chi connectivity index (χ2v) is 8.77. The van der Waals surface area contributed by atoms with Gasteiger partial charge in [0.05, 0.1) is 4.90 Å². The van der Waals surface area contributed by atoms with E-state index in [0.717, 1.165) is 41.8 Å². The highest BCUT2D eigenvalue weighted by Gasteiger charge is 2.36. The molecule has 0 amide bonds. The fourth-order valence-electron chi connectivity index (χ4n) is 3.75. The van der Waals surface area contributed by atoms with Crippen molar-refractivity contribution in [1.29, 1.82) is 0 Å². The minimum absolute atomic E-state index is 0.642. The van der Waals surface area contributed by atoms with Crippen LogP contribution in [0.1, 0.15) is 53.4 Å². The normalized spacial score (nSPS) is 22.9. The fourth-order valence-corrected chi connectivity index (χ4v) is 5.25. The molecule has 0 radical (unpaired) electrons. The van der Waals surface area contributed by atoms with E-state index in [9.17, 15) is 4.21 Å². The van der Waals surface area contributed by atoms with Crippen molar-refractivity contribution in [3.8, 4) is 0 Å². The molecule has 1 aromatic heterocycles.